The van der Waals surface area contributed by atoms with Gasteiger partial charge >= 0.3 is 6.09 Å². The molecular formula is C19H23ClN2O3. The van der Waals surface area contributed by atoms with Gasteiger partial charge < -0.3 is 15.0 Å². The van der Waals surface area contributed by atoms with Crippen molar-refractivity contribution < 1.29 is 14.3 Å². The van der Waals surface area contributed by atoms with Crippen molar-refractivity contribution in [2.45, 2.75) is 44.1 Å². The van der Waals surface area contributed by atoms with Crippen molar-refractivity contribution in [2.75, 3.05) is 19.7 Å². The maximum atomic E-state index is 12.7. The predicted octanol–water partition coefficient (Wildman–Crippen LogP) is 3.24. The third-order valence-corrected chi connectivity index (χ3v) is 6.35. The van der Waals surface area contributed by atoms with E-state index in [2.05, 4.69) is 23.5 Å². The molecule has 5 nitrogen and oxygen atoms in total. The number of halogens is 1. The summed E-state index contributed by atoms with van der Waals surface area (Å²) >= 11 is 6.25. The minimum atomic E-state index is -0.358. The molecular weight excluding hydrogens is 340 g/mol. The molecule has 1 spiro atoms. The summed E-state index contributed by atoms with van der Waals surface area (Å²) in [4.78, 5) is 25.9. The largest absolute Gasteiger partial charge is 0.447 e. The van der Waals surface area contributed by atoms with Crippen LogP contribution in [0.4, 0.5) is 4.79 Å². The maximum Gasteiger partial charge on any atom is 0.407 e. The number of hydrogen-bond donors (Lipinski definition) is 1. The van der Waals surface area contributed by atoms with Gasteiger partial charge in [-0.3, -0.25) is 4.79 Å². The highest BCUT2D eigenvalue weighted by atomic mass is 35.5. The molecule has 25 heavy (non-hydrogen) atoms. The van der Waals surface area contributed by atoms with E-state index in [1.54, 1.807) is 0 Å². The number of rotatable bonds is 2. The summed E-state index contributed by atoms with van der Waals surface area (Å²) in [6.45, 7) is 3.99. The fourth-order valence-corrected chi connectivity index (χ4v) is 4.51. The van der Waals surface area contributed by atoms with E-state index in [9.17, 15) is 9.59 Å². The van der Waals surface area contributed by atoms with Crippen LogP contribution in [-0.2, 0) is 9.53 Å². The van der Waals surface area contributed by atoms with Crippen LogP contribution in [0, 0.1) is 12.8 Å². The molecule has 2 heterocycles. The van der Waals surface area contributed by atoms with E-state index in [-0.39, 0.29) is 23.5 Å². The Labute approximate surface area is 152 Å². The van der Waals surface area contributed by atoms with Crippen LogP contribution in [0.1, 0.15) is 42.7 Å². The number of hydrogen-bond acceptors (Lipinski definition) is 3. The number of alkyl carbamates (subject to hydrolysis) is 1. The van der Waals surface area contributed by atoms with Gasteiger partial charge in [0, 0.05) is 24.0 Å². The van der Waals surface area contributed by atoms with Gasteiger partial charge in [-0.1, -0.05) is 23.7 Å². The summed E-state index contributed by atoms with van der Waals surface area (Å²) in [5, 5.41) is 3.66. The third-order valence-electron chi connectivity index (χ3n) is 5.94. The average Bonchev–Trinajstić information content (AvgIpc) is 2.98. The normalized spacial score (nSPS) is 29.3. The second-order valence-electron chi connectivity index (χ2n) is 7.69. The highest BCUT2D eigenvalue weighted by molar-refractivity contribution is 6.31. The Kier molecular flexibility index (Phi) is 4.14. The highest BCUT2D eigenvalue weighted by Gasteiger charge is 2.53. The van der Waals surface area contributed by atoms with Gasteiger partial charge in [0.2, 0.25) is 5.91 Å². The number of benzene rings is 1. The van der Waals surface area contributed by atoms with Gasteiger partial charge in [0.05, 0.1) is 5.54 Å². The van der Waals surface area contributed by atoms with Crippen LogP contribution in [0.25, 0.3) is 0 Å². The quantitative estimate of drug-likeness (QED) is 0.878. The number of nitrogens with one attached hydrogen (secondary N) is 1. The van der Waals surface area contributed by atoms with E-state index < -0.39 is 0 Å². The van der Waals surface area contributed by atoms with Crippen LogP contribution in [-0.4, -0.2) is 42.1 Å². The molecule has 0 radical (unpaired) electrons. The molecule has 134 valence electrons. The molecule has 0 unspecified atom stereocenters. The molecule has 0 aromatic heterocycles. The van der Waals surface area contributed by atoms with Gasteiger partial charge in [0.1, 0.15) is 6.61 Å². The zero-order valence-corrected chi connectivity index (χ0v) is 15.1. The van der Waals surface area contributed by atoms with Gasteiger partial charge in [0.15, 0.2) is 0 Å². The van der Waals surface area contributed by atoms with E-state index in [4.69, 9.17) is 16.3 Å². The number of amides is 2. The van der Waals surface area contributed by atoms with Crippen molar-refractivity contribution in [2.24, 2.45) is 5.92 Å². The lowest BCUT2D eigenvalue weighted by molar-refractivity contribution is -0.142. The number of carbonyl (C=O) groups is 2. The molecule has 2 aliphatic heterocycles. The monoisotopic (exact) mass is 362 g/mol. The van der Waals surface area contributed by atoms with Gasteiger partial charge in [-0.05, 0) is 55.7 Å². The Morgan fingerprint density at radius 1 is 1.32 bits per heavy atom. The highest BCUT2D eigenvalue weighted by Crippen LogP contribution is 2.42. The summed E-state index contributed by atoms with van der Waals surface area (Å²) < 4.78 is 4.98. The van der Waals surface area contributed by atoms with E-state index >= 15 is 0 Å². The van der Waals surface area contributed by atoms with Crippen LogP contribution in [0.2, 0.25) is 5.02 Å². The summed E-state index contributed by atoms with van der Waals surface area (Å²) in [7, 11) is 0. The number of piperidine rings is 1. The van der Waals surface area contributed by atoms with Gasteiger partial charge in [-0.15, -0.1) is 0 Å². The smallest absolute Gasteiger partial charge is 0.407 e. The topological polar surface area (TPSA) is 58.6 Å². The van der Waals surface area contributed by atoms with E-state index in [0.29, 0.717) is 25.4 Å². The average molecular weight is 363 g/mol. The lowest BCUT2D eigenvalue weighted by Crippen LogP contribution is -2.58. The summed E-state index contributed by atoms with van der Waals surface area (Å²) in [6, 6.07) is 6.29. The van der Waals surface area contributed by atoms with Crippen molar-refractivity contribution in [3.8, 4) is 0 Å². The van der Waals surface area contributed by atoms with Crippen molar-refractivity contribution in [3.63, 3.8) is 0 Å². The molecule has 1 aliphatic carbocycles. The lowest BCUT2D eigenvalue weighted by atomic mass is 9.68. The first-order chi connectivity index (χ1) is 12.0. The second-order valence-corrected chi connectivity index (χ2v) is 8.10. The molecule has 2 amide bonds. The predicted molar refractivity (Wildman–Crippen MR) is 94.7 cm³/mol. The van der Waals surface area contributed by atoms with Crippen molar-refractivity contribution >= 4 is 23.6 Å². The zero-order valence-electron chi connectivity index (χ0n) is 14.4. The number of ether oxygens (including phenoxy) is 1. The molecule has 1 aromatic rings. The maximum absolute atomic E-state index is 12.7. The van der Waals surface area contributed by atoms with E-state index in [1.807, 2.05) is 11.8 Å². The Balaban J connectivity index is 1.31. The van der Waals surface area contributed by atoms with Crippen LogP contribution < -0.4 is 5.32 Å². The molecule has 6 heteroatoms. The first-order valence-corrected chi connectivity index (χ1v) is 9.33. The molecule has 3 aliphatic rings. The Morgan fingerprint density at radius 2 is 2.04 bits per heavy atom. The molecule has 1 aromatic carbocycles. The van der Waals surface area contributed by atoms with Crippen LogP contribution in [0.15, 0.2) is 18.2 Å². The molecule has 1 saturated carbocycles. The molecule has 1 N–H and O–H groups in total. The van der Waals surface area contributed by atoms with Crippen molar-refractivity contribution in [1.82, 2.24) is 10.2 Å². The molecule has 2 saturated heterocycles. The fourth-order valence-electron chi connectivity index (χ4n) is 4.32. The number of likely N-dealkylation sites (tertiary alicyclic amines) is 1. The summed E-state index contributed by atoms with van der Waals surface area (Å²) in [5.74, 6) is 0.719. The fraction of sp³-hybridized carbons (Fsp3) is 0.579. The van der Waals surface area contributed by atoms with Crippen molar-refractivity contribution in [1.29, 1.82) is 0 Å². The first kappa shape index (κ1) is 16.7. The Hall–Kier alpha value is -1.75. The van der Waals surface area contributed by atoms with E-state index in [1.165, 1.54) is 5.56 Å². The number of carbonyl (C=O) groups excluding carboxylic acids is 2. The van der Waals surface area contributed by atoms with Crippen LogP contribution >= 0.6 is 11.6 Å². The van der Waals surface area contributed by atoms with Crippen molar-refractivity contribution in [3.05, 3.63) is 34.3 Å². The Morgan fingerprint density at radius 3 is 2.64 bits per heavy atom. The first-order valence-electron chi connectivity index (χ1n) is 8.96. The molecule has 0 atom stereocenters. The molecule has 4 rings (SSSR count). The summed E-state index contributed by atoms with van der Waals surface area (Å²) in [5.41, 5.74) is 2.09. The minimum absolute atomic E-state index is 0.0207. The van der Waals surface area contributed by atoms with Crippen LogP contribution in [0.3, 0.4) is 0 Å². The second kappa shape index (κ2) is 6.20. The SMILES string of the molecule is Cc1ccc(C2CCN(C(=O)[C@H]3C[C@]4(COC(=O)N4)C3)CC2)cc1Cl. The van der Waals surface area contributed by atoms with Crippen LogP contribution in [0.5, 0.6) is 0 Å². The molecule has 0 bridgehead atoms. The van der Waals surface area contributed by atoms with Gasteiger partial charge in [-0.2, -0.15) is 0 Å². The zero-order chi connectivity index (χ0) is 17.6. The third kappa shape index (κ3) is 3.10. The van der Waals surface area contributed by atoms with Gasteiger partial charge in [-0.25, -0.2) is 4.79 Å². The molecule has 3 fully saturated rings. The number of nitrogens with zero attached hydrogens (tertiary/aromatic N) is 1. The lowest BCUT2D eigenvalue weighted by Gasteiger charge is -2.45. The van der Waals surface area contributed by atoms with Gasteiger partial charge in [0.25, 0.3) is 0 Å². The standard InChI is InChI=1S/C19H23ClN2O3/c1-12-2-3-14(8-16(12)20)13-4-6-22(7-5-13)17(23)15-9-19(10-15)11-25-18(24)21-19/h2-3,8,13,15H,4-7,9-11H2,1H3,(H,21,24)/t15-,19+. The van der Waals surface area contributed by atoms with E-state index in [0.717, 1.165) is 36.5 Å². The summed E-state index contributed by atoms with van der Waals surface area (Å²) in [6.07, 6.45) is 2.99. The number of cyclic esters (lactones) is 1. The minimum Gasteiger partial charge on any atom is -0.447 e. The number of aryl methyl sites for hydroxylation is 1. The Bertz CT molecular complexity index is 707.